The highest BCUT2D eigenvalue weighted by molar-refractivity contribution is 8.00. The molecule has 0 radical (unpaired) electrons. The molecule has 0 fully saturated rings. The van der Waals surface area contributed by atoms with E-state index in [1.807, 2.05) is 0 Å². The minimum Gasteiger partial charge on any atom is -0.480 e. The summed E-state index contributed by atoms with van der Waals surface area (Å²) < 4.78 is 4.45. The lowest BCUT2D eigenvalue weighted by Gasteiger charge is -2.06. The van der Waals surface area contributed by atoms with Crippen LogP contribution < -0.4 is 11.1 Å². The molecular formula is C10H18N2O5S. The molecule has 0 spiro atoms. The van der Waals surface area contributed by atoms with E-state index in [1.165, 1.54) is 7.11 Å². The van der Waals surface area contributed by atoms with Gasteiger partial charge in [-0.25, -0.2) is 0 Å². The van der Waals surface area contributed by atoms with Crippen LogP contribution >= 0.6 is 11.8 Å². The average molecular weight is 278 g/mol. The second-order valence-corrected chi connectivity index (χ2v) is 4.52. The van der Waals surface area contributed by atoms with Crippen LogP contribution in [0.3, 0.4) is 0 Å². The molecule has 0 saturated heterocycles. The fourth-order valence-electron chi connectivity index (χ4n) is 0.964. The Morgan fingerprint density at radius 1 is 1.44 bits per heavy atom. The molecule has 1 amide bonds. The van der Waals surface area contributed by atoms with E-state index in [4.69, 9.17) is 10.8 Å². The quantitative estimate of drug-likeness (QED) is 0.373. The molecule has 0 saturated carbocycles. The summed E-state index contributed by atoms with van der Waals surface area (Å²) in [7, 11) is 1.31. The summed E-state index contributed by atoms with van der Waals surface area (Å²) >= 11 is 1.16. The van der Waals surface area contributed by atoms with Gasteiger partial charge in [0.1, 0.15) is 6.04 Å². The van der Waals surface area contributed by atoms with Crippen LogP contribution in [-0.2, 0) is 19.1 Å². The lowest BCUT2D eigenvalue weighted by molar-refractivity contribution is -0.141. The highest BCUT2D eigenvalue weighted by Gasteiger charge is 2.12. The molecule has 4 N–H and O–H groups in total. The van der Waals surface area contributed by atoms with E-state index in [2.05, 4.69) is 10.1 Å². The second-order valence-electron chi connectivity index (χ2n) is 3.49. The van der Waals surface area contributed by atoms with Crippen molar-refractivity contribution in [2.45, 2.75) is 18.9 Å². The molecule has 0 aliphatic heterocycles. The van der Waals surface area contributed by atoms with Gasteiger partial charge in [-0.2, -0.15) is 0 Å². The van der Waals surface area contributed by atoms with E-state index in [0.717, 1.165) is 11.8 Å². The maximum atomic E-state index is 11.3. The van der Waals surface area contributed by atoms with Crippen LogP contribution in [0, 0.1) is 0 Å². The molecule has 1 atom stereocenters. The zero-order chi connectivity index (χ0) is 14.0. The molecule has 0 bridgehead atoms. The Morgan fingerprint density at radius 3 is 2.67 bits per heavy atom. The summed E-state index contributed by atoms with van der Waals surface area (Å²) in [5, 5.41) is 11.1. The molecule has 104 valence electrons. The third kappa shape index (κ3) is 8.82. The maximum absolute atomic E-state index is 11.3. The van der Waals surface area contributed by atoms with Gasteiger partial charge >= 0.3 is 11.9 Å². The Balaban J connectivity index is 3.49. The Hall–Kier alpha value is -1.28. The van der Waals surface area contributed by atoms with Gasteiger partial charge in [-0.1, -0.05) is 0 Å². The van der Waals surface area contributed by atoms with E-state index < -0.39 is 12.0 Å². The largest absolute Gasteiger partial charge is 0.480 e. The van der Waals surface area contributed by atoms with Gasteiger partial charge in [-0.3, -0.25) is 14.4 Å². The van der Waals surface area contributed by atoms with Crippen molar-refractivity contribution in [3.05, 3.63) is 0 Å². The van der Waals surface area contributed by atoms with Gasteiger partial charge in [0.05, 0.1) is 12.9 Å². The van der Waals surface area contributed by atoms with Crippen LogP contribution in [0.1, 0.15) is 12.8 Å². The number of thioether (sulfide) groups is 1. The molecule has 0 aromatic rings. The zero-order valence-electron chi connectivity index (χ0n) is 10.2. The number of hydrogen-bond acceptors (Lipinski definition) is 6. The third-order valence-electron chi connectivity index (χ3n) is 1.96. The molecule has 0 unspecified atom stereocenters. The molecule has 0 aromatic carbocycles. The molecule has 0 aromatic heterocycles. The molecule has 8 heteroatoms. The van der Waals surface area contributed by atoms with Crippen molar-refractivity contribution in [2.24, 2.45) is 5.73 Å². The van der Waals surface area contributed by atoms with Gasteiger partial charge in [0.2, 0.25) is 5.91 Å². The van der Waals surface area contributed by atoms with Gasteiger partial charge in [-0.15, -0.1) is 11.8 Å². The SMILES string of the molecule is COC(=O)CCCNC(=O)CSC[C@@H](N)C(=O)O. The van der Waals surface area contributed by atoms with E-state index in [-0.39, 0.29) is 29.8 Å². The number of carbonyl (C=O) groups excluding carboxylic acids is 2. The summed E-state index contributed by atoms with van der Waals surface area (Å²) in [6, 6.07) is -0.956. The number of nitrogens with one attached hydrogen (secondary N) is 1. The topological polar surface area (TPSA) is 119 Å². The number of nitrogens with two attached hydrogens (primary N) is 1. The summed E-state index contributed by atoms with van der Waals surface area (Å²) in [5.74, 6) is -1.26. The van der Waals surface area contributed by atoms with Crippen molar-refractivity contribution in [2.75, 3.05) is 25.2 Å². The maximum Gasteiger partial charge on any atom is 0.321 e. The number of esters is 1. The average Bonchev–Trinajstić information content (AvgIpc) is 2.33. The molecule has 0 aliphatic carbocycles. The monoisotopic (exact) mass is 278 g/mol. The molecule has 0 rings (SSSR count). The molecule has 7 nitrogen and oxygen atoms in total. The minimum absolute atomic E-state index is 0.152. The van der Waals surface area contributed by atoms with Gasteiger partial charge in [-0.05, 0) is 6.42 Å². The number of carbonyl (C=O) groups is 3. The highest BCUT2D eigenvalue weighted by Crippen LogP contribution is 2.01. The highest BCUT2D eigenvalue weighted by atomic mass is 32.2. The molecule has 0 aliphatic rings. The first kappa shape index (κ1) is 16.7. The van der Waals surface area contributed by atoms with Crippen LogP contribution in [0.15, 0.2) is 0 Å². The van der Waals surface area contributed by atoms with E-state index in [1.54, 1.807) is 0 Å². The first-order chi connectivity index (χ1) is 8.47. The number of aliphatic carboxylic acids is 1. The van der Waals surface area contributed by atoms with Crippen LogP contribution in [0.25, 0.3) is 0 Å². The van der Waals surface area contributed by atoms with Crippen molar-refractivity contribution >= 4 is 29.6 Å². The number of carboxylic acid groups (broad SMARTS) is 1. The lowest BCUT2D eigenvalue weighted by atomic mass is 10.3. The van der Waals surface area contributed by atoms with E-state index in [0.29, 0.717) is 13.0 Å². The predicted octanol–water partition coefficient (Wildman–Crippen LogP) is -0.799. The zero-order valence-corrected chi connectivity index (χ0v) is 11.0. The number of rotatable bonds is 9. The Labute approximate surface area is 109 Å². The number of carboxylic acids is 1. The van der Waals surface area contributed by atoms with Crippen LogP contribution in [0.4, 0.5) is 0 Å². The third-order valence-corrected chi connectivity index (χ3v) is 3.02. The first-order valence-electron chi connectivity index (χ1n) is 5.37. The van der Waals surface area contributed by atoms with Crippen LogP contribution in [-0.4, -0.2) is 54.2 Å². The second kappa shape index (κ2) is 9.72. The summed E-state index contributed by atoms with van der Waals surface area (Å²) in [4.78, 5) is 32.4. The first-order valence-corrected chi connectivity index (χ1v) is 6.52. The summed E-state index contributed by atoms with van der Waals surface area (Å²) in [5.41, 5.74) is 5.27. The van der Waals surface area contributed by atoms with Gasteiger partial charge < -0.3 is 20.9 Å². The van der Waals surface area contributed by atoms with Crippen molar-refractivity contribution in [1.82, 2.24) is 5.32 Å². The van der Waals surface area contributed by atoms with E-state index in [9.17, 15) is 14.4 Å². The van der Waals surface area contributed by atoms with Crippen molar-refractivity contribution < 1.29 is 24.2 Å². The summed E-state index contributed by atoms with van der Waals surface area (Å²) in [6.07, 6.45) is 0.769. The Morgan fingerprint density at radius 2 is 2.11 bits per heavy atom. The van der Waals surface area contributed by atoms with Gasteiger partial charge in [0.25, 0.3) is 0 Å². The lowest BCUT2D eigenvalue weighted by Crippen LogP contribution is -2.33. The molecular weight excluding hydrogens is 260 g/mol. The van der Waals surface area contributed by atoms with Crippen molar-refractivity contribution in [3.63, 3.8) is 0 Å². The van der Waals surface area contributed by atoms with Gasteiger partial charge in [0, 0.05) is 18.7 Å². The Bertz CT molecular complexity index is 298. The number of ether oxygens (including phenoxy) is 1. The standard InChI is InChI=1S/C10H18N2O5S/c1-17-9(14)3-2-4-12-8(13)6-18-5-7(11)10(15)16/h7H,2-6,11H2,1H3,(H,12,13)(H,15,16)/t7-/m1/s1. The fourth-order valence-corrected chi connectivity index (χ4v) is 1.77. The number of hydrogen-bond donors (Lipinski definition) is 3. The normalized spacial score (nSPS) is 11.7. The van der Waals surface area contributed by atoms with Crippen molar-refractivity contribution in [3.8, 4) is 0 Å². The molecule has 18 heavy (non-hydrogen) atoms. The Kier molecular flexibility index (Phi) is 9.03. The minimum atomic E-state index is -1.08. The fraction of sp³-hybridized carbons (Fsp3) is 0.700. The van der Waals surface area contributed by atoms with Crippen LogP contribution in [0.2, 0.25) is 0 Å². The smallest absolute Gasteiger partial charge is 0.321 e. The van der Waals surface area contributed by atoms with Crippen LogP contribution in [0.5, 0.6) is 0 Å². The molecule has 0 heterocycles. The van der Waals surface area contributed by atoms with E-state index >= 15 is 0 Å². The number of amides is 1. The summed E-state index contributed by atoms with van der Waals surface area (Å²) in [6.45, 7) is 0.388. The van der Waals surface area contributed by atoms with Gasteiger partial charge in [0.15, 0.2) is 0 Å². The predicted molar refractivity (Wildman–Crippen MR) is 67.2 cm³/mol. The number of methoxy groups -OCH3 is 1. The van der Waals surface area contributed by atoms with Crippen molar-refractivity contribution in [1.29, 1.82) is 0 Å².